The summed E-state index contributed by atoms with van der Waals surface area (Å²) in [5.41, 5.74) is -4.44. The zero-order valence-electron chi connectivity index (χ0n) is 13.1. The Morgan fingerprint density at radius 2 is 1.61 bits per heavy atom. The van der Waals surface area contributed by atoms with Crippen molar-refractivity contribution in [2.45, 2.75) is 57.5 Å². The average molecular weight is 348 g/mol. The minimum absolute atomic E-state index is 0.158. The Bertz CT molecular complexity index is 415. The van der Waals surface area contributed by atoms with E-state index in [2.05, 4.69) is 4.74 Å². The summed E-state index contributed by atoms with van der Waals surface area (Å²) in [4.78, 5) is 0. The molecule has 2 aliphatic rings. The lowest BCUT2D eigenvalue weighted by Crippen LogP contribution is -2.60. The van der Waals surface area contributed by atoms with Gasteiger partial charge in [0.2, 0.25) is 0 Å². The maximum Gasteiger partial charge on any atom is 0.426 e. The van der Waals surface area contributed by atoms with Crippen LogP contribution in [0.4, 0.5) is 26.3 Å². The number of fused-ring (bicyclic) bond motifs is 2. The molecule has 0 spiro atoms. The molecule has 0 aromatic rings. The van der Waals surface area contributed by atoms with Gasteiger partial charge in [-0.05, 0) is 48.9 Å². The largest absolute Gasteiger partial charge is 0.426 e. The molecule has 1 N–H and O–H groups in total. The van der Waals surface area contributed by atoms with Gasteiger partial charge in [0.1, 0.15) is 0 Å². The first-order chi connectivity index (χ1) is 10.3. The minimum Gasteiger partial charge on any atom is -0.394 e. The van der Waals surface area contributed by atoms with Crippen molar-refractivity contribution in [1.82, 2.24) is 0 Å². The third-order valence-electron chi connectivity index (χ3n) is 5.52. The summed E-state index contributed by atoms with van der Waals surface area (Å²) >= 11 is 0. The van der Waals surface area contributed by atoms with Crippen molar-refractivity contribution >= 4 is 0 Å². The molecule has 0 amide bonds. The molecule has 0 aliphatic heterocycles. The van der Waals surface area contributed by atoms with Gasteiger partial charge in [-0.1, -0.05) is 13.8 Å². The van der Waals surface area contributed by atoms with Crippen molar-refractivity contribution in [2.24, 2.45) is 23.2 Å². The monoisotopic (exact) mass is 348 g/mol. The number of rotatable bonds is 5. The molecule has 0 aromatic heterocycles. The summed E-state index contributed by atoms with van der Waals surface area (Å²) in [6.45, 7) is 1.92. The van der Waals surface area contributed by atoms with Gasteiger partial charge in [0, 0.05) is 0 Å². The maximum absolute atomic E-state index is 13.4. The van der Waals surface area contributed by atoms with E-state index in [0.717, 1.165) is 6.42 Å². The van der Waals surface area contributed by atoms with E-state index in [1.165, 1.54) is 0 Å². The first-order valence-corrected chi connectivity index (χ1v) is 7.72. The average Bonchev–Trinajstić information content (AvgIpc) is 2.86. The highest BCUT2D eigenvalue weighted by atomic mass is 19.4. The Hall–Kier alpha value is -0.500. The van der Waals surface area contributed by atoms with E-state index in [1.54, 1.807) is 0 Å². The number of aliphatic hydroxyl groups excluding tert-OH is 1. The zero-order chi connectivity index (χ0) is 17.7. The fraction of sp³-hybridized carbons (Fsp3) is 1.00. The van der Waals surface area contributed by atoms with Gasteiger partial charge in [-0.3, -0.25) is 0 Å². The fourth-order valence-corrected chi connectivity index (χ4v) is 4.69. The van der Waals surface area contributed by atoms with Gasteiger partial charge in [0.05, 0.1) is 13.2 Å². The highest BCUT2D eigenvalue weighted by Crippen LogP contribution is 2.62. The van der Waals surface area contributed by atoms with Gasteiger partial charge in [0.15, 0.2) is 0 Å². The molecular weight excluding hydrogens is 326 g/mol. The Kier molecular flexibility index (Phi) is 4.74. The summed E-state index contributed by atoms with van der Waals surface area (Å²) in [6.07, 6.45) is -10.4. The molecule has 0 heterocycles. The number of ether oxygens (including phenoxy) is 1. The standard InChI is InChI=1S/C15H22F6O2/c1-12(2)7-9-5-10(11(12)6-9)8-13(14(16,17)18,15(19,20)21)23-4-3-22/h9-11,22H,3-8H2,1-2H3. The quantitative estimate of drug-likeness (QED) is 0.750. The summed E-state index contributed by atoms with van der Waals surface area (Å²) < 4.78 is 84.4. The van der Waals surface area contributed by atoms with Gasteiger partial charge in [0.25, 0.3) is 5.60 Å². The van der Waals surface area contributed by atoms with Gasteiger partial charge >= 0.3 is 12.4 Å². The molecule has 0 aromatic carbocycles. The molecule has 0 radical (unpaired) electrons. The van der Waals surface area contributed by atoms with Crippen LogP contribution in [0.25, 0.3) is 0 Å². The van der Waals surface area contributed by atoms with E-state index in [1.807, 2.05) is 13.8 Å². The zero-order valence-corrected chi connectivity index (χ0v) is 13.1. The van der Waals surface area contributed by atoms with E-state index in [0.29, 0.717) is 12.8 Å². The first-order valence-electron chi connectivity index (χ1n) is 7.72. The van der Waals surface area contributed by atoms with Crippen LogP contribution in [0.5, 0.6) is 0 Å². The lowest BCUT2D eigenvalue weighted by atomic mass is 9.68. The van der Waals surface area contributed by atoms with Gasteiger partial charge in [-0.15, -0.1) is 0 Å². The number of hydrogen-bond donors (Lipinski definition) is 1. The molecule has 2 rings (SSSR count). The summed E-state index contributed by atoms with van der Waals surface area (Å²) in [5, 5.41) is 8.65. The molecule has 3 unspecified atom stereocenters. The molecule has 8 heteroatoms. The second kappa shape index (κ2) is 5.79. The fourth-order valence-electron chi connectivity index (χ4n) is 4.69. The smallest absolute Gasteiger partial charge is 0.394 e. The molecule has 2 bridgehead atoms. The molecule has 3 atom stereocenters. The van der Waals surface area contributed by atoms with Crippen LogP contribution < -0.4 is 0 Å². The van der Waals surface area contributed by atoms with Crippen LogP contribution >= 0.6 is 0 Å². The molecular formula is C15H22F6O2. The summed E-state index contributed by atoms with van der Waals surface area (Å²) in [7, 11) is 0. The lowest BCUT2D eigenvalue weighted by Gasteiger charge is -2.43. The normalized spacial score (nSPS) is 30.9. The Morgan fingerprint density at radius 1 is 1.04 bits per heavy atom. The number of halogens is 6. The molecule has 2 fully saturated rings. The SMILES string of the molecule is CC1(C)CC2CC(CC(OCCO)(C(F)(F)F)C(F)(F)F)C1C2. The van der Waals surface area contributed by atoms with Crippen LogP contribution in [0.15, 0.2) is 0 Å². The van der Waals surface area contributed by atoms with Crippen molar-refractivity contribution in [3.63, 3.8) is 0 Å². The molecule has 23 heavy (non-hydrogen) atoms. The van der Waals surface area contributed by atoms with Crippen LogP contribution in [-0.2, 0) is 4.74 Å². The van der Waals surface area contributed by atoms with Crippen molar-refractivity contribution in [1.29, 1.82) is 0 Å². The van der Waals surface area contributed by atoms with Crippen LogP contribution in [0.2, 0.25) is 0 Å². The number of alkyl halides is 6. The van der Waals surface area contributed by atoms with E-state index in [9.17, 15) is 26.3 Å². The third kappa shape index (κ3) is 3.21. The van der Waals surface area contributed by atoms with E-state index in [4.69, 9.17) is 5.11 Å². The Labute approximate surface area is 131 Å². The highest BCUT2D eigenvalue weighted by molar-refractivity contribution is 5.05. The summed E-state index contributed by atoms with van der Waals surface area (Å²) in [5.74, 6) is -0.642. The van der Waals surface area contributed by atoms with Crippen LogP contribution in [0.3, 0.4) is 0 Å². The predicted molar refractivity (Wildman–Crippen MR) is 70.6 cm³/mol. The Morgan fingerprint density at radius 3 is 2.00 bits per heavy atom. The minimum atomic E-state index is -5.58. The van der Waals surface area contributed by atoms with Crippen LogP contribution in [0.1, 0.15) is 39.5 Å². The van der Waals surface area contributed by atoms with E-state index >= 15 is 0 Å². The van der Waals surface area contributed by atoms with Crippen LogP contribution in [-0.4, -0.2) is 36.3 Å². The van der Waals surface area contributed by atoms with Crippen molar-refractivity contribution < 1.29 is 36.2 Å². The van der Waals surface area contributed by atoms with E-state index < -0.39 is 43.5 Å². The second-order valence-corrected chi connectivity index (χ2v) is 7.50. The Balaban J connectivity index is 2.31. The number of aliphatic hydroxyl groups is 1. The highest BCUT2D eigenvalue weighted by Gasteiger charge is 2.73. The van der Waals surface area contributed by atoms with Crippen molar-refractivity contribution in [3.05, 3.63) is 0 Å². The molecule has 2 saturated carbocycles. The van der Waals surface area contributed by atoms with Crippen molar-refractivity contribution in [3.8, 4) is 0 Å². The number of hydrogen-bond acceptors (Lipinski definition) is 2. The van der Waals surface area contributed by atoms with Crippen molar-refractivity contribution in [2.75, 3.05) is 13.2 Å². The molecule has 0 saturated heterocycles. The summed E-state index contributed by atoms with van der Waals surface area (Å²) in [6, 6.07) is 0. The maximum atomic E-state index is 13.4. The topological polar surface area (TPSA) is 29.5 Å². The van der Waals surface area contributed by atoms with Gasteiger partial charge in [-0.25, -0.2) is 0 Å². The molecule has 136 valence electrons. The predicted octanol–water partition coefficient (Wildman–Crippen LogP) is 4.32. The first kappa shape index (κ1) is 18.8. The molecule has 2 aliphatic carbocycles. The van der Waals surface area contributed by atoms with Crippen LogP contribution in [0, 0.1) is 23.2 Å². The lowest BCUT2D eigenvalue weighted by molar-refractivity contribution is -0.387. The van der Waals surface area contributed by atoms with Gasteiger partial charge in [-0.2, -0.15) is 26.3 Å². The second-order valence-electron chi connectivity index (χ2n) is 7.50. The molecule has 2 nitrogen and oxygen atoms in total. The van der Waals surface area contributed by atoms with Gasteiger partial charge < -0.3 is 9.84 Å². The third-order valence-corrected chi connectivity index (χ3v) is 5.52. The van der Waals surface area contributed by atoms with E-state index in [-0.39, 0.29) is 17.3 Å².